The molecule has 6 nitrogen and oxygen atoms in total. The molecule has 136 valence electrons. The summed E-state index contributed by atoms with van der Waals surface area (Å²) in [5.41, 5.74) is 1.02. The van der Waals surface area contributed by atoms with Gasteiger partial charge in [0.25, 0.3) is 5.91 Å². The van der Waals surface area contributed by atoms with Crippen molar-refractivity contribution < 1.29 is 14.3 Å². The molecule has 1 aliphatic heterocycles. The predicted octanol–water partition coefficient (Wildman–Crippen LogP) is 1.52. The Labute approximate surface area is 148 Å². The fourth-order valence-electron chi connectivity index (χ4n) is 2.99. The van der Waals surface area contributed by atoms with Crippen molar-refractivity contribution in [3.05, 3.63) is 29.8 Å². The van der Waals surface area contributed by atoms with Crippen LogP contribution >= 0.6 is 0 Å². The van der Waals surface area contributed by atoms with Gasteiger partial charge in [0.05, 0.1) is 12.0 Å². The Balaban J connectivity index is 1.45. The van der Waals surface area contributed by atoms with Crippen LogP contribution in [0.3, 0.4) is 0 Å². The van der Waals surface area contributed by atoms with Crippen LogP contribution in [0.1, 0.15) is 44.2 Å². The van der Waals surface area contributed by atoms with Gasteiger partial charge in [0, 0.05) is 12.6 Å². The van der Waals surface area contributed by atoms with Crippen molar-refractivity contribution in [3.8, 4) is 5.75 Å². The summed E-state index contributed by atoms with van der Waals surface area (Å²) < 4.78 is 5.50. The van der Waals surface area contributed by atoms with Crippen LogP contribution in [0.25, 0.3) is 0 Å². The molecular weight excluding hydrogens is 318 g/mol. The Bertz CT molecular complexity index is 592. The van der Waals surface area contributed by atoms with Crippen molar-refractivity contribution in [1.29, 1.82) is 0 Å². The van der Waals surface area contributed by atoms with E-state index in [1.54, 1.807) is 0 Å². The number of hydrogen-bond donors (Lipinski definition) is 3. The lowest BCUT2D eigenvalue weighted by molar-refractivity contribution is -0.126. The number of benzene rings is 1. The molecule has 0 aromatic heterocycles. The van der Waals surface area contributed by atoms with E-state index in [1.807, 2.05) is 31.2 Å². The van der Waals surface area contributed by atoms with Gasteiger partial charge in [-0.25, -0.2) is 0 Å². The lowest BCUT2D eigenvalue weighted by atomic mass is 9.98. The van der Waals surface area contributed by atoms with Crippen molar-refractivity contribution in [2.24, 2.45) is 5.92 Å². The Morgan fingerprint density at radius 3 is 2.64 bits per heavy atom. The SMILES string of the molecule is CC(NC(=O)C1CCCNC1)c1ccc(OCC(=O)NC2CC2)cc1. The summed E-state index contributed by atoms with van der Waals surface area (Å²) in [5, 5.41) is 9.24. The van der Waals surface area contributed by atoms with Gasteiger partial charge in [-0.05, 0) is 56.8 Å². The standard InChI is InChI=1S/C19H27N3O3/c1-13(21-19(24)15-3-2-10-20-11-15)14-4-8-17(9-5-14)25-12-18(23)22-16-6-7-16/h4-5,8-9,13,15-16,20H,2-3,6-7,10-12H2,1H3,(H,21,24)(H,22,23). The topological polar surface area (TPSA) is 79.5 Å². The zero-order valence-electron chi connectivity index (χ0n) is 14.7. The Kier molecular flexibility index (Phi) is 5.91. The highest BCUT2D eigenvalue weighted by Gasteiger charge is 2.23. The molecule has 1 saturated heterocycles. The van der Waals surface area contributed by atoms with E-state index in [2.05, 4.69) is 16.0 Å². The average Bonchev–Trinajstić information content (AvgIpc) is 3.45. The number of rotatable bonds is 7. The molecule has 2 amide bonds. The zero-order chi connectivity index (χ0) is 17.6. The molecule has 3 rings (SSSR count). The molecule has 1 saturated carbocycles. The van der Waals surface area contributed by atoms with Gasteiger partial charge in [-0.1, -0.05) is 12.1 Å². The third-order valence-electron chi connectivity index (χ3n) is 4.72. The van der Waals surface area contributed by atoms with Crippen molar-refractivity contribution in [2.75, 3.05) is 19.7 Å². The molecule has 0 radical (unpaired) electrons. The zero-order valence-corrected chi connectivity index (χ0v) is 14.7. The van der Waals surface area contributed by atoms with E-state index in [4.69, 9.17) is 4.74 Å². The van der Waals surface area contributed by atoms with Crippen LogP contribution in [-0.2, 0) is 9.59 Å². The van der Waals surface area contributed by atoms with Gasteiger partial charge in [0.15, 0.2) is 6.61 Å². The van der Waals surface area contributed by atoms with Crippen LogP contribution in [0.15, 0.2) is 24.3 Å². The second kappa shape index (κ2) is 8.34. The molecule has 3 N–H and O–H groups in total. The van der Waals surface area contributed by atoms with Gasteiger partial charge >= 0.3 is 0 Å². The van der Waals surface area contributed by atoms with Crippen molar-refractivity contribution in [2.45, 2.75) is 44.7 Å². The van der Waals surface area contributed by atoms with E-state index in [0.717, 1.165) is 44.3 Å². The number of carbonyl (C=O) groups is 2. The summed E-state index contributed by atoms with van der Waals surface area (Å²) in [7, 11) is 0. The number of nitrogens with one attached hydrogen (secondary N) is 3. The van der Waals surface area contributed by atoms with E-state index in [0.29, 0.717) is 11.8 Å². The van der Waals surface area contributed by atoms with E-state index in [9.17, 15) is 9.59 Å². The van der Waals surface area contributed by atoms with Crippen molar-refractivity contribution >= 4 is 11.8 Å². The molecule has 2 atom stereocenters. The minimum atomic E-state index is -0.0756. The minimum Gasteiger partial charge on any atom is -0.484 e. The normalized spacial score (nSPS) is 21.2. The molecule has 0 spiro atoms. The summed E-state index contributed by atoms with van der Waals surface area (Å²) in [6.45, 7) is 3.78. The highest BCUT2D eigenvalue weighted by Crippen LogP contribution is 2.20. The maximum atomic E-state index is 12.3. The molecular formula is C19H27N3O3. The molecule has 1 heterocycles. The molecule has 6 heteroatoms. The molecule has 1 aliphatic carbocycles. The molecule has 2 fully saturated rings. The second-order valence-corrected chi connectivity index (χ2v) is 6.97. The Morgan fingerprint density at radius 1 is 1.24 bits per heavy atom. The first-order chi connectivity index (χ1) is 12.1. The summed E-state index contributed by atoms with van der Waals surface area (Å²) in [4.78, 5) is 23.9. The number of piperidine rings is 1. The Hall–Kier alpha value is -2.08. The van der Waals surface area contributed by atoms with Gasteiger partial charge in [-0.3, -0.25) is 9.59 Å². The summed E-state index contributed by atoms with van der Waals surface area (Å²) in [5.74, 6) is 0.749. The number of hydrogen-bond acceptors (Lipinski definition) is 4. The first-order valence-corrected chi connectivity index (χ1v) is 9.15. The van der Waals surface area contributed by atoms with Gasteiger partial charge < -0.3 is 20.7 Å². The molecule has 1 aromatic rings. The minimum absolute atomic E-state index is 0.0385. The molecule has 0 bridgehead atoms. The van der Waals surface area contributed by atoms with Crippen LogP contribution in [0, 0.1) is 5.92 Å². The number of ether oxygens (including phenoxy) is 1. The highest BCUT2D eigenvalue weighted by molar-refractivity contribution is 5.79. The third kappa shape index (κ3) is 5.46. The van der Waals surface area contributed by atoms with Gasteiger partial charge in [0.2, 0.25) is 5.91 Å². The Morgan fingerprint density at radius 2 is 2.00 bits per heavy atom. The van der Waals surface area contributed by atoms with Gasteiger partial charge in [-0.15, -0.1) is 0 Å². The molecule has 2 aliphatic rings. The third-order valence-corrected chi connectivity index (χ3v) is 4.72. The quantitative estimate of drug-likeness (QED) is 0.700. The van der Waals surface area contributed by atoms with E-state index in [-0.39, 0.29) is 30.4 Å². The van der Waals surface area contributed by atoms with E-state index < -0.39 is 0 Å². The van der Waals surface area contributed by atoms with Gasteiger partial charge in [0.1, 0.15) is 5.75 Å². The number of amides is 2. The molecule has 1 aromatic carbocycles. The number of carbonyl (C=O) groups excluding carboxylic acids is 2. The fourth-order valence-corrected chi connectivity index (χ4v) is 2.99. The predicted molar refractivity (Wildman–Crippen MR) is 95.3 cm³/mol. The van der Waals surface area contributed by atoms with Crippen molar-refractivity contribution in [1.82, 2.24) is 16.0 Å². The molecule has 2 unspecified atom stereocenters. The lowest BCUT2D eigenvalue weighted by Gasteiger charge is -2.24. The summed E-state index contributed by atoms with van der Waals surface area (Å²) >= 11 is 0. The van der Waals surface area contributed by atoms with Crippen LogP contribution in [0.4, 0.5) is 0 Å². The fraction of sp³-hybridized carbons (Fsp3) is 0.579. The monoisotopic (exact) mass is 345 g/mol. The van der Waals surface area contributed by atoms with E-state index >= 15 is 0 Å². The summed E-state index contributed by atoms with van der Waals surface area (Å²) in [6, 6.07) is 7.83. The first-order valence-electron chi connectivity index (χ1n) is 9.15. The van der Waals surface area contributed by atoms with Crippen LogP contribution < -0.4 is 20.7 Å². The van der Waals surface area contributed by atoms with Crippen molar-refractivity contribution in [3.63, 3.8) is 0 Å². The highest BCUT2D eigenvalue weighted by atomic mass is 16.5. The van der Waals surface area contributed by atoms with Crippen LogP contribution in [0.2, 0.25) is 0 Å². The average molecular weight is 345 g/mol. The molecule has 25 heavy (non-hydrogen) atoms. The maximum Gasteiger partial charge on any atom is 0.258 e. The second-order valence-electron chi connectivity index (χ2n) is 6.97. The van der Waals surface area contributed by atoms with Gasteiger partial charge in [-0.2, -0.15) is 0 Å². The summed E-state index contributed by atoms with van der Waals surface area (Å²) in [6.07, 6.45) is 4.13. The maximum absolute atomic E-state index is 12.3. The van der Waals surface area contributed by atoms with Crippen LogP contribution in [-0.4, -0.2) is 37.6 Å². The smallest absolute Gasteiger partial charge is 0.258 e. The lowest BCUT2D eigenvalue weighted by Crippen LogP contribution is -2.41. The largest absolute Gasteiger partial charge is 0.484 e. The first kappa shape index (κ1) is 17.7. The van der Waals surface area contributed by atoms with Crippen LogP contribution in [0.5, 0.6) is 5.75 Å². The van der Waals surface area contributed by atoms with E-state index in [1.165, 1.54) is 0 Å².